The Morgan fingerprint density at radius 2 is 2.00 bits per heavy atom. The van der Waals surface area contributed by atoms with E-state index in [1.54, 1.807) is 12.3 Å². The second-order valence-electron chi connectivity index (χ2n) is 3.79. The SMILES string of the molecule is NCC(F)(F)CNc1ccnc2ccccc12. The minimum absolute atomic E-state index is 0.475. The quantitative estimate of drug-likeness (QED) is 0.857. The number of benzene rings is 1. The Morgan fingerprint density at radius 1 is 1.24 bits per heavy atom. The number of fused-ring (bicyclic) bond motifs is 1. The van der Waals surface area contributed by atoms with Crippen LogP contribution in [0.1, 0.15) is 0 Å². The highest BCUT2D eigenvalue weighted by atomic mass is 19.3. The van der Waals surface area contributed by atoms with Gasteiger partial charge in [0.1, 0.15) is 0 Å². The van der Waals surface area contributed by atoms with Gasteiger partial charge in [-0.15, -0.1) is 0 Å². The highest BCUT2D eigenvalue weighted by molar-refractivity contribution is 5.90. The second-order valence-corrected chi connectivity index (χ2v) is 3.79. The molecule has 0 saturated carbocycles. The molecule has 0 amide bonds. The van der Waals surface area contributed by atoms with Gasteiger partial charge >= 0.3 is 0 Å². The molecule has 1 heterocycles. The molecule has 5 heteroatoms. The van der Waals surface area contributed by atoms with Crippen molar-refractivity contribution in [2.75, 3.05) is 18.4 Å². The number of anilines is 1. The highest BCUT2D eigenvalue weighted by Crippen LogP contribution is 2.22. The molecule has 0 spiro atoms. The summed E-state index contributed by atoms with van der Waals surface area (Å²) in [6.45, 7) is -1.14. The van der Waals surface area contributed by atoms with Gasteiger partial charge in [0.25, 0.3) is 5.92 Å². The first-order valence-corrected chi connectivity index (χ1v) is 5.28. The smallest absolute Gasteiger partial charge is 0.276 e. The summed E-state index contributed by atoms with van der Waals surface area (Å²) in [5.74, 6) is -2.90. The Balaban J connectivity index is 2.24. The molecule has 3 N–H and O–H groups in total. The van der Waals surface area contributed by atoms with Gasteiger partial charge < -0.3 is 11.1 Å². The van der Waals surface area contributed by atoms with E-state index >= 15 is 0 Å². The topological polar surface area (TPSA) is 50.9 Å². The van der Waals surface area contributed by atoms with Gasteiger partial charge in [-0.3, -0.25) is 4.98 Å². The number of nitrogens with one attached hydrogen (secondary N) is 1. The van der Waals surface area contributed by atoms with Crippen LogP contribution in [0.3, 0.4) is 0 Å². The Kier molecular flexibility index (Phi) is 3.19. The Labute approximate surface area is 97.6 Å². The maximum absolute atomic E-state index is 13.0. The standard InChI is InChI=1S/C12H13F2N3/c13-12(14,7-15)8-17-11-5-6-16-10-4-2-1-3-9(10)11/h1-6H,7-8,15H2,(H,16,17). The molecule has 17 heavy (non-hydrogen) atoms. The van der Waals surface area contributed by atoms with Crippen LogP contribution in [0.5, 0.6) is 0 Å². The number of nitrogens with two attached hydrogens (primary N) is 1. The lowest BCUT2D eigenvalue weighted by molar-refractivity contribution is 0.0254. The first-order chi connectivity index (χ1) is 8.12. The van der Waals surface area contributed by atoms with Crippen molar-refractivity contribution in [2.24, 2.45) is 5.73 Å². The molecule has 90 valence electrons. The van der Waals surface area contributed by atoms with Gasteiger partial charge in [-0.2, -0.15) is 0 Å². The van der Waals surface area contributed by atoms with Gasteiger partial charge in [0, 0.05) is 17.3 Å². The van der Waals surface area contributed by atoms with Crippen LogP contribution < -0.4 is 11.1 Å². The van der Waals surface area contributed by atoms with Crippen LogP contribution in [-0.2, 0) is 0 Å². The Hall–Kier alpha value is -1.75. The summed E-state index contributed by atoms with van der Waals surface area (Å²) in [4.78, 5) is 4.15. The van der Waals surface area contributed by atoms with E-state index in [0.29, 0.717) is 5.69 Å². The fraction of sp³-hybridized carbons (Fsp3) is 0.250. The maximum Gasteiger partial charge on any atom is 0.276 e. The number of hydrogen-bond acceptors (Lipinski definition) is 3. The summed E-state index contributed by atoms with van der Waals surface area (Å²) < 4.78 is 26.1. The summed E-state index contributed by atoms with van der Waals surface area (Å²) in [6.07, 6.45) is 1.59. The molecule has 3 nitrogen and oxygen atoms in total. The number of hydrogen-bond donors (Lipinski definition) is 2. The van der Waals surface area contributed by atoms with E-state index in [4.69, 9.17) is 5.73 Å². The van der Waals surface area contributed by atoms with Crippen molar-refractivity contribution in [1.82, 2.24) is 4.98 Å². The molecule has 0 aliphatic carbocycles. The van der Waals surface area contributed by atoms with Gasteiger partial charge in [-0.05, 0) is 12.1 Å². The van der Waals surface area contributed by atoms with E-state index in [1.165, 1.54) is 0 Å². The van der Waals surface area contributed by atoms with Crippen molar-refractivity contribution in [3.05, 3.63) is 36.5 Å². The second kappa shape index (κ2) is 4.63. The summed E-state index contributed by atoms with van der Waals surface area (Å²) in [6, 6.07) is 9.05. The zero-order valence-corrected chi connectivity index (χ0v) is 9.16. The average molecular weight is 237 g/mol. The van der Waals surface area contributed by atoms with Crippen LogP contribution in [0.4, 0.5) is 14.5 Å². The van der Waals surface area contributed by atoms with Crippen molar-refractivity contribution in [2.45, 2.75) is 5.92 Å². The number of para-hydroxylation sites is 1. The monoisotopic (exact) mass is 237 g/mol. The fourth-order valence-electron chi connectivity index (χ4n) is 1.55. The van der Waals surface area contributed by atoms with E-state index in [1.807, 2.05) is 24.3 Å². The van der Waals surface area contributed by atoms with Crippen LogP contribution >= 0.6 is 0 Å². The van der Waals surface area contributed by atoms with Gasteiger partial charge in [0.2, 0.25) is 0 Å². The van der Waals surface area contributed by atoms with Crippen LogP contribution in [-0.4, -0.2) is 24.0 Å². The van der Waals surface area contributed by atoms with E-state index in [-0.39, 0.29) is 0 Å². The molecule has 2 aromatic rings. The fourth-order valence-corrected chi connectivity index (χ4v) is 1.55. The summed E-state index contributed by atoms with van der Waals surface area (Å²) in [7, 11) is 0. The lowest BCUT2D eigenvalue weighted by Crippen LogP contribution is -2.35. The first-order valence-electron chi connectivity index (χ1n) is 5.28. The van der Waals surface area contributed by atoms with Crippen LogP contribution in [0.15, 0.2) is 36.5 Å². The third-order valence-corrected chi connectivity index (χ3v) is 2.49. The molecule has 0 aliphatic rings. The van der Waals surface area contributed by atoms with Crippen LogP contribution in [0, 0.1) is 0 Å². The zero-order valence-electron chi connectivity index (χ0n) is 9.16. The maximum atomic E-state index is 13.0. The number of rotatable bonds is 4. The van der Waals surface area contributed by atoms with Crippen LogP contribution in [0.2, 0.25) is 0 Å². The summed E-state index contributed by atoms with van der Waals surface area (Å²) >= 11 is 0. The molecular weight excluding hydrogens is 224 g/mol. The highest BCUT2D eigenvalue weighted by Gasteiger charge is 2.26. The van der Waals surface area contributed by atoms with Gasteiger partial charge in [0.15, 0.2) is 0 Å². The minimum Gasteiger partial charge on any atom is -0.378 e. The van der Waals surface area contributed by atoms with Gasteiger partial charge in [0.05, 0.1) is 18.6 Å². The lowest BCUT2D eigenvalue weighted by atomic mass is 10.2. The minimum atomic E-state index is -2.90. The third kappa shape index (κ3) is 2.68. The molecule has 1 aromatic heterocycles. The predicted octanol–water partition coefficient (Wildman–Crippen LogP) is 2.24. The van der Waals surface area contributed by atoms with Crippen molar-refractivity contribution in [1.29, 1.82) is 0 Å². The number of halogens is 2. The number of pyridine rings is 1. The van der Waals surface area contributed by atoms with E-state index in [9.17, 15) is 8.78 Å². The molecule has 0 atom stereocenters. The molecule has 0 bridgehead atoms. The number of alkyl halides is 2. The molecule has 0 fully saturated rings. The lowest BCUT2D eigenvalue weighted by Gasteiger charge is -2.16. The van der Waals surface area contributed by atoms with Crippen LogP contribution in [0.25, 0.3) is 10.9 Å². The Morgan fingerprint density at radius 3 is 2.76 bits per heavy atom. The van der Waals surface area contributed by atoms with Gasteiger partial charge in [-0.25, -0.2) is 8.78 Å². The van der Waals surface area contributed by atoms with E-state index in [2.05, 4.69) is 10.3 Å². The average Bonchev–Trinajstić information content (AvgIpc) is 2.36. The number of aromatic nitrogens is 1. The molecule has 2 rings (SSSR count). The third-order valence-electron chi connectivity index (χ3n) is 2.49. The first kappa shape index (κ1) is 11.7. The summed E-state index contributed by atoms with van der Waals surface area (Å²) in [5, 5.41) is 3.53. The molecule has 0 radical (unpaired) electrons. The van der Waals surface area contributed by atoms with Crippen molar-refractivity contribution < 1.29 is 8.78 Å². The summed E-state index contributed by atoms with van der Waals surface area (Å²) in [5.41, 5.74) is 6.39. The van der Waals surface area contributed by atoms with Gasteiger partial charge in [-0.1, -0.05) is 18.2 Å². The largest absolute Gasteiger partial charge is 0.378 e. The molecule has 0 unspecified atom stereocenters. The van der Waals surface area contributed by atoms with Crippen molar-refractivity contribution >= 4 is 16.6 Å². The normalized spacial score (nSPS) is 11.7. The Bertz CT molecular complexity index is 509. The van der Waals surface area contributed by atoms with Crippen molar-refractivity contribution in [3.63, 3.8) is 0 Å². The zero-order chi connectivity index (χ0) is 12.3. The molecule has 0 aliphatic heterocycles. The molecule has 0 saturated heterocycles. The van der Waals surface area contributed by atoms with E-state index in [0.717, 1.165) is 10.9 Å². The van der Waals surface area contributed by atoms with E-state index < -0.39 is 19.0 Å². The predicted molar refractivity (Wildman–Crippen MR) is 64.2 cm³/mol. The molecule has 1 aromatic carbocycles. The number of nitrogens with zero attached hydrogens (tertiary/aromatic N) is 1. The van der Waals surface area contributed by atoms with Crippen molar-refractivity contribution in [3.8, 4) is 0 Å². The molecular formula is C12H13F2N3.